The van der Waals surface area contributed by atoms with Gasteiger partial charge in [-0.3, -0.25) is 0 Å². The van der Waals surface area contributed by atoms with Crippen LogP contribution >= 0.6 is 22.7 Å². The van der Waals surface area contributed by atoms with Crippen molar-refractivity contribution in [3.63, 3.8) is 0 Å². The molecule has 0 N–H and O–H groups in total. The second-order valence-corrected chi connectivity index (χ2v) is 14.6. The van der Waals surface area contributed by atoms with Crippen molar-refractivity contribution in [2.24, 2.45) is 0 Å². The number of fused-ring (bicyclic) bond motifs is 6. The Morgan fingerprint density at radius 2 is 0.761 bits per heavy atom. The Morgan fingerprint density at radius 3 is 1.17 bits per heavy atom. The molecular weight excluding hydrogens is 593 g/mol. The molecule has 0 atom stereocenters. The highest BCUT2D eigenvalue weighted by Crippen LogP contribution is 2.44. The number of hydrogen-bond acceptors (Lipinski definition) is 2. The molecule has 0 amide bonds. The molecule has 226 valence electrons. The molecule has 0 aliphatic carbocycles. The first kappa shape index (κ1) is 29.2. The molecule has 2 heterocycles. The van der Waals surface area contributed by atoms with Gasteiger partial charge in [-0.1, -0.05) is 76.2 Å². The zero-order chi connectivity index (χ0) is 31.4. The summed E-state index contributed by atoms with van der Waals surface area (Å²) in [6.45, 7) is 9.02. The molecule has 8 rings (SSSR count). The number of rotatable bonds is 7. The van der Waals surface area contributed by atoms with Crippen LogP contribution in [0.4, 0.5) is 0 Å². The molecular formula is C44H38S2. The van der Waals surface area contributed by atoms with E-state index in [9.17, 15) is 0 Å². The fourth-order valence-electron chi connectivity index (χ4n) is 6.98. The highest BCUT2D eigenvalue weighted by Gasteiger charge is 2.16. The summed E-state index contributed by atoms with van der Waals surface area (Å²) in [5, 5.41) is 5.58. The van der Waals surface area contributed by atoms with E-state index in [1.807, 2.05) is 22.7 Å². The summed E-state index contributed by atoms with van der Waals surface area (Å²) in [4.78, 5) is 0. The first-order valence-electron chi connectivity index (χ1n) is 16.7. The maximum atomic E-state index is 2.42. The lowest BCUT2D eigenvalue weighted by molar-refractivity contribution is 1.14. The predicted molar refractivity (Wildman–Crippen MR) is 206 cm³/mol. The maximum Gasteiger partial charge on any atom is 0.0434 e. The molecule has 2 heteroatoms. The summed E-state index contributed by atoms with van der Waals surface area (Å²) in [5.41, 5.74) is 13.4. The Kier molecular flexibility index (Phi) is 7.51. The molecule has 0 spiro atoms. The molecule has 8 aromatic rings. The van der Waals surface area contributed by atoms with Crippen molar-refractivity contribution in [1.82, 2.24) is 0 Å². The van der Waals surface area contributed by atoms with Crippen molar-refractivity contribution in [3.8, 4) is 33.4 Å². The van der Waals surface area contributed by atoms with Crippen molar-refractivity contribution in [1.29, 1.82) is 0 Å². The fourth-order valence-corrected chi connectivity index (χ4v) is 9.38. The Morgan fingerprint density at radius 1 is 0.370 bits per heavy atom. The van der Waals surface area contributed by atoms with Crippen LogP contribution in [0.15, 0.2) is 109 Å². The SMILES string of the molecule is CCc1ccc2sc3c(-c4cccc(-c5cccc(-c6cc(CC)cc7c6sc6ccc(CC)cc67)c5)c4)cc(CC)cc3c2c1. The van der Waals surface area contributed by atoms with Crippen LogP contribution in [0.2, 0.25) is 0 Å². The fraction of sp³-hybridized carbons (Fsp3) is 0.182. The van der Waals surface area contributed by atoms with Crippen molar-refractivity contribution in [2.45, 2.75) is 53.4 Å². The van der Waals surface area contributed by atoms with E-state index in [0.717, 1.165) is 25.7 Å². The van der Waals surface area contributed by atoms with E-state index in [0.29, 0.717) is 0 Å². The van der Waals surface area contributed by atoms with Crippen LogP contribution in [0.1, 0.15) is 49.9 Å². The van der Waals surface area contributed by atoms with E-state index in [-0.39, 0.29) is 0 Å². The van der Waals surface area contributed by atoms with Gasteiger partial charge < -0.3 is 0 Å². The highest BCUT2D eigenvalue weighted by molar-refractivity contribution is 7.26. The van der Waals surface area contributed by atoms with Gasteiger partial charge in [0.05, 0.1) is 0 Å². The molecule has 6 aromatic carbocycles. The van der Waals surface area contributed by atoms with Gasteiger partial charge in [-0.25, -0.2) is 0 Å². The van der Waals surface area contributed by atoms with Gasteiger partial charge in [-0.05, 0) is 142 Å². The third-order valence-corrected chi connectivity index (χ3v) is 12.1. The molecule has 0 radical (unpaired) electrons. The number of benzene rings is 6. The van der Waals surface area contributed by atoms with Crippen LogP contribution in [0.3, 0.4) is 0 Å². The van der Waals surface area contributed by atoms with E-state index in [4.69, 9.17) is 0 Å². The standard InChI is InChI=1S/C44H38S2/c1-5-27-15-17-41-37(19-27)39-23-29(7-3)21-35(43(39)45-41)33-13-9-11-31(25-33)32-12-10-14-34(26-32)36-22-30(8-4)24-40-38-20-28(6-2)16-18-42(38)46-44(36)40/h9-26H,5-8H2,1-4H3. The minimum Gasteiger partial charge on any atom is -0.135 e. The van der Waals surface area contributed by atoms with Crippen LogP contribution in [-0.4, -0.2) is 0 Å². The third kappa shape index (κ3) is 4.96. The Labute approximate surface area is 280 Å². The van der Waals surface area contributed by atoms with Crippen LogP contribution < -0.4 is 0 Å². The summed E-state index contributed by atoms with van der Waals surface area (Å²) >= 11 is 3.86. The lowest BCUT2D eigenvalue weighted by Crippen LogP contribution is -1.88. The van der Waals surface area contributed by atoms with Crippen LogP contribution in [-0.2, 0) is 25.7 Å². The van der Waals surface area contributed by atoms with Crippen molar-refractivity contribution < 1.29 is 0 Å². The van der Waals surface area contributed by atoms with Crippen LogP contribution in [0.5, 0.6) is 0 Å². The molecule has 0 unspecified atom stereocenters. The molecule has 0 nitrogen and oxygen atoms in total. The monoisotopic (exact) mass is 630 g/mol. The Balaban J connectivity index is 1.26. The second kappa shape index (κ2) is 11.8. The van der Waals surface area contributed by atoms with E-state index in [1.165, 1.54) is 96.0 Å². The predicted octanol–water partition coefficient (Wildman–Crippen LogP) is 13.7. The van der Waals surface area contributed by atoms with Crippen molar-refractivity contribution in [2.75, 3.05) is 0 Å². The minimum atomic E-state index is 1.03. The summed E-state index contributed by atoms with van der Waals surface area (Å²) in [7, 11) is 0. The first-order valence-corrected chi connectivity index (χ1v) is 18.4. The lowest BCUT2D eigenvalue weighted by atomic mass is 9.93. The minimum absolute atomic E-state index is 1.03. The number of thiophene rings is 2. The Bertz CT molecular complexity index is 2240. The smallest absolute Gasteiger partial charge is 0.0434 e. The van der Waals surface area contributed by atoms with E-state index in [1.54, 1.807) is 0 Å². The van der Waals surface area contributed by atoms with E-state index < -0.39 is 0 Å². The molecule has 0 bridgehead atoms. The average molecular weight is 631 g/mol. The highest BCUT2D eigenvalue weighted by atomic mass is 32.1. The maximum absolute atomic E-state index is 2.42. The van der Waals surface area contributed by atoms with Gasteiger partial charge >= 0.3 is 0 Å². The van der Waals surface area contributed by atoms with Gasteiger partial charge in [0.2, 0.25) is 0 Å². The molecule has 0 saturated carbocycles. The summed E-state index contributed by atoms with van der Waals surface area (Å²) in [6, 6.07) is 42.1. The van der Waals surface area contributed by atoms with Crippen LogP contribution in [0, 0.1) is 0 Å². The van der Waals surface area contributed by atoms with Gasteiger partial charge in [0.25, 0.3) is 0 Å². The molecule has 0 fully saturated rings. The molecule has 0 saturated heterocycles. The lowest BCUT2D eigenvalue weighted by Gasteiger charge is -2.12. The van der Waals surface area contributed by atoms with Gasteiger partial charge in [0.15, 0.2) is 0 Å². The van der Waals surface area contributed by atoms with E-state index in [2.05, 4.69) is 137 Å². The Hall–Kier alpha value is -4.24. The average Bonchev–Trinajstić information content (AvgIpc) is 3.68. The summed E-state index contributed by atoms with van der Waals surface area (Å²) in [6.07, 6.45) is 4.17. The van der Waals surface area contributed by atoms with Crippen molar-refractivity contribution in [3.05, 3.63) is 131 Å². The number of aryl methyl sites for hydroxylation is 4. The third-order valence-electron chi connectivity index (χ3n) is 9.70. The van der Waals surface area contributed by atoms with Crippen LogP contribution in [0.25, 0.3) is 73.7 Å². The molecule has 46 heavy (non-hydrogen) atoms. The normalized spacial score (nSPS) is 11.8. The second-order valence-electron chi connectivity index (χ2n) is 12.5. The molecule has 2 aromatic heterocycles. The topological polar surface area (TPSA) is 0 Å². The molecule has 0 aliphatic rings. The quantitative estimate of drug-likeness (QED) is 0.164. The summed E-state index contributed by atoms with van der Waals surface area (Å²) in [5.74, 6) is 0. The van der Waals surface area contributed by atoms with E-state index >= 15 is 0 Å². The van der Waals surface area contributed by atoms with Crippen molar-refractivity contribution >= 4 is 63.0 Å². The van der Waals surface area contributed by atoms with Gasteiger partial charge in [-0.15, -0.1) is 22.7 Å². The first-order chi connectivity index (χ1) is 22.6. The molecule has 0 aliphatic heterocycles. The van der Waals surface area contributed by atoms with Gasteiger partial charge in [-0.2, -0.15) is 0 Å². The largest absolute Gasteiger partial charge is 0.135 e. The number of hydrogen-bond donors (Lipinski definition) is 0. The van der Waals surface area contributed by atoms with Gasteiger partial charge in [0.1, 0.15) is 0 Å². The zero-order valence-electron chi connectivity index (χ0n) is 27.0. The zero-order valence-corrected chi connectivity index (χ0v) is 28.7. The summed E-state index contributed by atoms with van der Waals surface area (Å²) < 4.78 is 5.53. The van der Waals surface area contributed by atoms with Gasteiger partial charge in [0, 0.05) is 40.3 Å².